The van der Waals surface area contributed by atoms with Crippen LogP contribution >= 0.6 is 0 Å². The van der Waals surface area contributed by atoms with E-state index in [0.717, 1.165) is 10.6 Å². The molecule has 2 aliphatic rings. The predicted molar refractivity (Wildman–Crippen MR) is 83.8 cm³/mol. The molecule has 1 aliphatic carbocycles. The topological polar surface area (TPSA) is 70.0 Å². The number of benzene rings is 1. The Balaban J connectivity index is 1.93. The molecule has 3 rings (SSSR count). The van der Waals surface area contributed by atoms with E-state index in [0.29, 0.717) is 29.9 Å². The van der Waals surface area contributed by atoms with Gasteiger partial charge in [-0.05, 0) is 17.7 Å². The fourth-order valence-corrected chi connectivity index (χ4v) is 2.64. The summed E-state index contributed by atoms with van der Waals surface area (Å²) in [5, 5.41) is 20.7. The molecule has 23 heavy (non-hydrogen) atoms. The van der Waals surface area contributed by atoms with Crippen molar-refractivity contribution in [2.24, 2.45) is 5.41 Å². The smallest absolute Gasteiger partial charge is 0.145 e. The second-order valence-electron chi connectivity index (χ2n) is 5.40. The maximum atomic E-state index is 11.5. The first kappa shape index (κ1) is 15.3. The molecule has 0 saturated carbocycles. The lowest BCUT2D eigenvalue weighted by atomic mass is 9.76. The van der Waals surface area contributed by atoms with Crippen LogP contribution in [-0.4, -0.2) is 28.3 Å². The Labute approximate surface area is 134 Å². The van der Waals surface area contributed by atoms with Crippen molar-refractivity contribution < 1.29 is 19.8 Å². The van der Waals surface area contributed by atoms with Gasteiger partial charge in [0.15, 0.2) is 0 Å². The zero-order valence-corrected chi connectivity index (χ0v) is 12.4. The fourth-order valence-electron chi connectivity index (χ4n) is 2.64. The third kappa shape index (κ3) is 2.72. The van der Waals surface area contributed by atoms with Gasteiger partial charge in [0.1, 0.15) is 24.3 Å². The Morgan fingerprint density at radius 1 is 1.26 bits per heavy atom. The first-order chi connectivity index (χ1) is 11.2. The van der Waals surface area contributed by atoms with E-state index in [9.17, 15) is 15.1 Å². The molecule has 1 aromatic carbocycles. The van der Waals surface area contributed by atoms with Crippen LogP contribution in [0.25, 0.3) is 0 Å². The van der Waals surface area contributed by atoms with Gasteiger partial charge in [0.25, 0.3) is 0 Å². The Hall–Kier alpha value is -2.63. The fraction of sp³-hybridized carbons (Fsp3) is 0.167. The van der Waals surface area contributed by atoms with E-state index < -0.39 is 5.41 Å². The molecular weight excluding hydrogens is 294 g/mol. The molecule has 1 heterocycles. The molecule has 1 unspecified atom stereocenters. The lowest BCUT2D eigenvalue weighted by molar-refractivity contribution is -0.114. The van der Waals surface area contributed by atoms with Gasteiger partial charge in [0.05, 0.1) is 12.0 Å². The van der Waals surface area contributed by atoms with Gasteiger partial charge in [-0.2, -0.15) is 0 Å². The van der Waals surface area contributed by atoms with E-state index in [-0.39, 0.29) is 6.61 Å². The first-order valence-corrected chi connectivity index (χ1v) is 7.25. The van der Waals surface area contributed by atoms with Crippen LogP contribution in [0.4, 0.5) is 0 Å². The van der Waals surface area contributed by atoms with E-state index in [1.54, 1.807) is 24.3 Å². The van der Waals surface area contributed by atoms with Gasteiger partial charge < -0.3 is 14.6 Å². The molecule has 2 N–H and O–H groups in total. The zero-order chi connectivity index (χ0) is 16.3. The summed E-state index contributed by atoms with van der Waals surface area (Å²) in [6.45, 7) is -0.0436. The lowest BCUT2D eigenvalue weighted by Gasteiger charge is -2.35. The van der Waals surface area contributed by atoms with Crippen molar-refractivity contribution in [3.05, 3.63) is 83.4 Å². The van der Waals surface area contributed by atoms with Crippen LogP contribution in [0, 0.1) is 5.41 Å². The van der Waals surface area contributed by atoms with Crippen LogP contribution in [0.2, 0.25) is 0 Å². The van der Waals surface area contributed by atoms with Crippen LogP contribution in [0.3, 0.4) is 0 Å². The minimum Gasteiger partial charge on any atom is -0.487 e. The van der Waals surface area contributed by atoms with Crippen LogP contribution in [0.15, 0.2) is 77.9 Å². The number of fused-ring (bicyclic) bond motifs is 1. The predicted octanol–water partition coefficient (Wildman–Crippen LogP) is 2.31. The molecule has 0 amide bonds. The van der Waals surface area contributed by atoms with E-state index in [1.807, 2.05) is 30.3 Å². The maximum Gasteiger partial charge on any atom is 0.145 e. The summed E-state index contributed by atoms with van der Waals surface area (Å²) in [6.07, 6.45) is 8.65. The number of aldehydes is 1. The minimum absolute atomic E-state index is 0.335. The van der Waals surface area contributed by atoms with Gasteiger partial charge >= 0.3 is 0 Å². The number of ether oxygens (including phenoxy) is 1. The van der Waals surface area contributed by atoms with Crippen molar-refractivity contribution in [1.29, 1.82) is 0 Å². The van der Waals surface area contributed by atoms with Crippen LogP contribution in [0.1, 0.15) is 5.56 Å². The average molecular weight is 311 g/mol. The monoisotopic (exact) mass is 311 g/mol. The number of hydrogen-bond donors (Lipinski definition) is 2. The number of rotatable bonds is 5. The third-order valence-electron chi connectivity index (χ3n) is 3.95. The summed E-state index contributed by atoms with van der Waals surface area (Å²) >= 11 is 0. The largest absolute Gasteiger partial charge is 0.487 e. The molecule has 118 valence electrons. The molecule has 0 saturated heterocycles. The highest BCUT2D eigenvalue weighted by Gasteiger charge is 2.39. The normalized spacial score (nSPS) is 22.7. The van der Waals surface area contributed by atoms with Crippen molar-refractivity contribution >= 4 is 6.29 Å². The molecular formula is C18H17NO4. The van der Waals surface area contributed by atoms with Crippen LogP contribution in [-0.2, 0) is 16.1 Å². The Morgan fingerprint density at radius 3 is 2.74 bits per heavy atom. The van der Waals surface area contributed by atoms with Gasteiger partial charge in [-0.1, -0.05) is 42.5 Å². The molecule has 1 aliphatic heterocycles. The number of nitrogens with zero attached hydrogens (tertiary/aromatic N) is 1. The summed E-state index contributed by atoms with van der Waals surface area (Å²) in [5.41, 5.74) is 0.697. The van der Waals surface area contributed by atoms with Crippen LogP contribution in [0.5, 0.6) is 0 Å². The number of hydroxylamine groups is 2. The Kier molecular flexibility index (Phi) is 4.14. The molecule has 1 atom stereocenters. The first-order valence-electron chi connectivity index (χ1n) is 7.25. The Bertz CT molecular complexity index is 718. The zero-order valence-electron chi connectivity index (χ0n) is 12.4. The highest BCUT2D eigenvalue weighted by atomic mass is 16.5. The molecule has 0 spiro atoms. The van der Waals surface area contributed by atoms with E-state index in [1.165, 1.54) is 6.20 Å². The average Bonchev–Trinajstić information content (AvgIpc) is 2.61. The molecule has 0 bridgehead atoms. The van der Waals surface area contributed by atoms with Gasteiger partial charge in [-0.3, -0.25) is 5.21 Å². The van der Waals surface area contributed by atoms with Gasteiger partial charge in [0, 0.05) is 11.8 Å². The summed E-state index contributed by atoms with van der Waals surface area (Å²) in [7, 11) is 0. The molecule has 5 heteroatoms. The van der Waals surface area contributed by atoms with Crippen molar-refractivity contribution in [3.63, 3.8) is 0 Å². The number of carbonyl (C=O) groups excluding carboxylic acids is 1. The highest BCUT2D eigenvalue weighted by Crippen LogP contribution is 2.41. The second-order valence-corrected chi connectivity index (χ2v) is 5.40. The van der Waals surface area contributed by atoms with Gasteiger partial charge in [0.2, 0.25) is 0 Å². The third-order valence-corrected chi connectivity index (χ3v) is 3.95. The van der Waals surface area contributed by atoms with E-state index >= 15 is 0 Å². The lowest BCUT2D eigenvalue weighted by Crippen LogP contribution is -2.35. The molecule has 1 aromatic rings. The van der Waals surface area contributed by atoms with Gasteiger partial charge in [-0.25, -0.2) is 5.06 Å². The van der Waals surface area contributed by atoms with Crippen molar-refractivity contribution in [3.8, 4) is 0 Å². The molecule has 5 nitrogen and oxygen atoms in total. The Morgan fingerprint density at radius 2 is 2.04 bits per heavy atom. The maximum absolute atomic E-state index is 11.5. The number of carbonyl (C=O) groups is 1. The van der Waals surface area contributed by atoms with Crippen molar-refractivity contribution in [1.82, 2.24) is 5.06 Å². The minimum atomic E-state index is -1.17. The molecule has 0 fully saturated rings. The van der Waals surface area contributed by atoms with Gasteiger partial charge in [-0.15, -0.1) is 0 Å². The number of aliphatic hydroxyl groups is 1. The summed E-state index contributed by atoms with van der Waals surface area (Å²) in [6, 6.07) is 9.64. The quantitative estimate of drug-likeness (QED) is 0.817. The highest BCUT2D eigenvalue weighted by molar-refractivity contribution is 5.74. The van der Waals surface area contributed by atoms with E-state index in [2.05, 4.69) is 0 Å². The molecule has 0 radical (unpaired) electrons. The number of aliphatic hydroxyl groups excluding tert-OH is 1. The number of allylic oxidation sites excluding steroid dienone is 4. The SMILES string of the molecule is O=CC1(CO)C=CC(OCc2ccccc2)=C2C1=CC=CN2O. The van der Waals surface area contributed by atoms with E-state index in [4.69, 9.17) is 4.74 Å². The number of hydrogen-bond acceptors (Lipinski definition) is 5. The standard InChI is InChI=1S/C18H17NO4/c20-12-18(13-21)9-8-16(17-15(18)7-4-10-19(17)22)23-11-14-5-2-1-3-6-14/h1-10,12,21-22H,11,13H2. The summed E-state index contributed by atoms with van der Waals surface area (Å²) < 4.78 is 5.81. The second kappa shape index (κ2) is 6.24. The van der Waals surface area contributed by atoms with Crippen molar-refractivity contribution in [2.75, 3.05) is 6.61 Å². The van der Waals surface area contributed by atoms with Crippen LogP contribution < -0.4 is 0 Å². The molecule has 0 aromatic heterocycles. The summed E-state index contributed by atoms with van der Waals surface area (Å²) in [5.74, 6) is 0.442. The summed E-state index contributed by atoms with van der Waals surface area (Å²) in [4.78, 5) is 11.5. The van der Waals surface area contributed by atoms with Crippen molar-refractivity contribution in [2.45, 2.75) is 6.61 Å².